The Labute approximate surface area is 152 Å². The molecular formula is C18H25N2O6+. The number of benzene rings is 1. The number of nitrogens with one attached hydrogen (secondary N) is 2. The lowest BCUT2D eigenvalue weighted by atomic mass is 10.1. The van der Waals surface area contributed by atoms with Crippen LogP contribution in [0.4, 0.5) is 5.69 Å². The third-order valence-electron chi connectivity index (χ3n) is 4.09. The number of carbonyl (C=O) groups is 3. The van der Waals surface area contributed by atoms with Crippen molar-refractivity contribution in [2.45, 2.75) is 26.1 Å². The molecule has 1 aliphatic rings. The van der Waals surface area contributed by atoms with Crippen molar-refractivity contribution in [3.63, 3.8) is 0 Å². The largest absolute Gasteiger partial charge is 0.465 e. The first-order valence-electron chi connectivity index (χ1n) is 8.43. The van der Waals surface area contributed by atoms with Gasteiger partial charge in [0.25, 0.3) is 5.91 Å². The van der Waals surface area contributed by atoms with E-state index >= 15 is 0 Å². The minimum Gasteiger partial charge on any atom is -0.465 e. The molecule has 0 aliphatic carbocycles. The number of rotatable bonds is 5. The van der Waals surface area contributed by atoms with Crippen LogP contribution in [0.2, 0.25) is 0 Å². The molecule has 8 nitrogen and oxygen atoms in total. The van der Waals surface area contributed by atoms with Gasteiger partial charge in [0.05, 0.1) is 25.3 Å². The molecule has 2 N–H and O–H groups in total. The van der Waals surface area contributed by atoms with E-state index < -0.39 is 11.9 Å². The molecule has 8 heteroatoms. The number of hydrogen-bond acceptors (Lipinski definition) is 6. The fourth-order valence-electron chi connectivity index (χ4n) is 3.14. The maximum atomic E-state index is 12.4. The van der Waals surface area contributed by atoms with Crippen molar-refractivity contribution in [3.8, 4) is 0 Å². The molecule has 1 aromatic rings. The van der Waals surface area contributed by atoms with Crippen molar-refractivity contribution in [2.75, 3.05) is 39.2 Å². The van der Waals surface area contributed by atoms with E-state index in [0.717, 1.165) is 18.0 Å². The van der Waals surface area contributed by atoms with Crippen LogP contribution < -0.4 is 10.2 Å². The zero-order chi connectivity index (χ0) is 19.3. The quantitative estimate of drug-likeness (QED) is 0.707. The van der Waals surface area contributed by atoms with E-state index in [-0.39, 0.29) is 35.8 Å². The van der Waals surface area contributed by atoms with E-state index in [2.05, 4.69) is 14.8 Å². The maximum Gasteiger partial charge on any atom is 0.337 e. The summed E-state index contributed by atoms with van der Waals surface area (Å²) in [6.45, 7) is 5.72. The highest BCUT2D eigenvalue weighted by atomic mass is 16.5. The van der Waals surface area contributed by atoms with Crippen LogP contribution in [0.1, 0.15) is 34.6 Å². The monoisotopic (exact) mass is 365 g/mol. The number of carbonyl (C=O) groups excluding carboxylic acids is 3. The van der Waals surface area contributed by atoms with E-state index in [1.165, 1.54) is 32.4 Å². The number of quaternary nitrogens is 1. The lowest BCUT2D eigenvalue weighted by molar-refractivity contribution is -0.907. The number of ether oxygens (including phenoxy) is 3. The SMILES string of the molecule is COC(=O)c1cc(NC(=O)C[NH+]2C[C@H](C)O[C@@H](C)C2)cc(C(=O)OC)c1. The van der Waals surface area contributed by atoms with E-state index in [9.17, 15) is 14.4 Å². The molecule has 0 saturated carbocycles. The van der Waals surface area contributed by atoms with Crippen molar-refractivity contribution in [2.24, 2.45) is 0 Å². The van der Waals surface area contributed by atoms with Crippen LogP contribution in [0.5, 0.6) is 0 Å². The molecule has 2 atom stereocenters. The molecule has 1 heterocycles. The summed E-state index contributed by atoms with van der Waals surface area (Å²) in [6.07, 6.45) is 0.185. The van der Waals surface area contributed by atoms with Gasteiger partial charge in [-0.2, -0.15) is 0 Å². The number of morpholine rings is 1. The van der Waals surface area contributed by atoms with E-state index in [4.69, 9.17) is 4.74 Å². The highest BCUT2D eigenvalue weighted by Gasteiger charge is 2.27. The number of hydrogen-bond donors (Lipinski definition) is 2. The van der Waals surface area contributed by atoms with Crippen molar-refractivity contribution in [3.05, 3.63) is 29.3 Å². The number of methoxy groups -OCH3 is 2. The van der Waals surface area contributed by atoms with Crippen molar-refractivity contribution in [1.82, 2.24) is 0 Å². The minimum atomic E-state index is -0.604. The third-order valence-corrected chi connectivity index (χ3v) is 4.09. The Bertz CT molecular complexity index is 646. The highest BCUT2D eigenvalue weighted by Crippen LogP contribution is 2.17. The first-order valence-corrected chi connectivity index (χ1v) is 8.43. The Morgan fingerprint density at radius 2 is 1.54 bits per heavy atom. The van der Waals surface area contributed by atoms with Gasteiger partial charge in [-0.25, -0.2) is 9.59 Å². The second-order valence-electron chi connectivity index (χ2n) is 6.42. The Morgan fingerprint density at radius 1 is 1.04 bits per heavy atom. The lowest BCUT2D eigenvalue weighted by Crippen LogP contribution is -3.16. The lowest BCUT2D eigenvalue weighted by Gasteiger charge is -2.31. The van der Waals surface area contributed by atoms with Crippen LogP contribution >= 0.6 is 0 Å². The second-order valence-corrected chi connectivity index (χ2v) is 6.42. The Balaban J connectivity index is 2.12. The number of esters is 2. The fourth-order valence-corrected chi connectivity index (χ4v) is 3.14. The van der Waals surface area contributed by atoms with Crippen molar-refractivity contribution < 1.29 is 33.5 Å². The third kappa shape index (κ3) is 5.27. The normalized spacial score (nSPS) is 22.4. The molecule has 0 aromatic heterocycles. The van der Waals surface area contributed by atoms with Gasteiger partial charge < -0.3 is 24.4 Å². The zero-order valence-electron chi connectivity index (χ0n) is 15.5. The molecule has 0 radical (unpaired) electrons. The van der Waals surface area contributed by atoms with Gasteiger partial charge in [0, 0.05) is 5.69 Å². The summed E-state index contributed by atoms with van der Waals surface area (Å²) in [6, 6.07) is 4.30. The molecule has 2 rings (SSSR count). The average molecular weight is 365 g/mol. The van der Waals surface area contributed by atoms with Gasteiger partial charge in [-0.15, -0.1) is 0 Å². The van der Waals surface area contributed by atoms with Crippen LogP contribution in [0.15, 0.2) is 18.2 Å². The van der Waals surface area contributed by atoms with Gasteiger partial charge in [-0.1, -0.05) is 0 Å². The summed E-state index contributed by atoms with van der Waals surface area (Å²) < 4.78 is 15.0. The molecule has 1 aliphatic heterocycles. The first kappa shape index (κ1) is 19.9. The predicted molar refractivity (Wildman–Crippen MR) is 93.3 cm³/mol. The van der Waals surface area contributed by atoms with Gasteiger partial charge >= 0.3 is 11.9 Å². The van der Waals surface area contributed by atoms with E-state index in [0.29, 0.717) is 5.69 Å². The summed E-state index contributed by atoms with van der Waals surface area (Å²) >= 11 is 0. The summed E-state index contributed by atoms with van der Waals surface area (Å²) in [7, 11) is 2.49. The van der Waals surface area contributed by atoms with Gasteiger partial charge in [-0.3, -0.25) is 4.79 Å². The van der Waals surface area contributed by atoms with Gasteiger partial charge in [0.2, 0.25) is 0 Å². The summed E-state index contributed by atoms with van der Waals surface area (Å²) in [5, 5.41) is 2.74. The molecule has 142 valence electrons. The molecular weight excluding hydrogens is 340 g/mol. The van der Waals surface area contributed by atoms with Crippen LogP contribution in [0.25, 0.3) is 0 Å². The van der Waals surface area contributed by atoms with Crippen LogP contribution in [-0.2, 0) is 19.0 Å². The topological polar surface area (TPSA) is 95.4 Å². The summed E-state index contributed by atoms with van der Waals surface area (Å²) in [4.78, 5) is 37.1. The fraction of sp³-hybridized carbons (Fsp3) is 0.500. The molecule has 0 spiro atoms. The Hall–Kier alpha value is -2.45. The van der Waals surface area contributed by atoms with Crippen molar-refractivity contribution in [1.29, 1.82) is 0 Å². The Morgan fingerprint density at radius 3 is 2.00 bits per heavy atom. The molecule has 1 fully saturated rings. The smallest absolute Gasteiger partial charge is 0.337 e. The van der Waals surface area contributed by atoms with Gasteiger partial charge in [0.15, 0.2) is 6.54 Å². The standard InChI is InChI=1S/C18H24N2O6/c1-11-8-20(9-12(2)26-11)10-16(21)19-15-6-13(17(22)24-3)5-14(7-15)18(23)25-4/h5-7,11-12H,8-10H2,1-4H3,(H,19,21)/p+1/t11-,12-/m0/s1. The minimum absolute atomic E-state index is 0.0927. The van der Waals surface area contributed by atoms with E-state index in [1.807, 2.05) is 13.8 Å². The van der Waals surface area contributed by atoms with Gasteiger partial charge in [0.1, 0.15) is 25.3 Å². The van der Waals surface area contributed by atoms with Crippen LogP contribution in [0.3, 0.4) is 0 Å². The molecule has 1 saturated heterocycles. The maximum absolute atomic E-state index is 12.4. The zero-order valence-corrected chi connectivity index (χ0v) is 15.5. The molecule has 0 unspecified atom stereocenters. The predicted octanol–water partition coefficient (Wildman–Crippen LogP) is -0.110. The number of anilines is 1. The molecule has 1 amide bonds. The second kappa shape index (κ2) is 8.77. The highest BCUT2D eigenvalue weighted by molar-refractivity contribution is 5.99. The van der Waals surface area contributed by atoms with Crippen LogP contribution in [0, 0.1) is 0 Å². The Kier molecular flexibility index (Phi) is 6.70. The molecule has 26 heavy (non-hydrogen) atoms. The average Bonchev–Trinajstić information content (AvgIpc) is 2.58. The first-order chi connectivity index (χ1) is 12.3. The van der Waals surface area contributed by atoms with Crippen molar-refractivity contribution >= 4 is 23.5 Å². The van der Waals surface area contributed by atoms with E-state index in [1.54, 1.807) is 0 Å². The summed E-state index contributed by atoms with van der Waals surface area (Å²) in [5.74, 6) is -1.42. The number of amides is 1. The molecule has 0 bridgehead atoms. The molecule has 1 aromatic carbocycles. The van der Waals surface area contributed by atoms with Gasteiger partial charge in [-0.05, 0) is 32.0 Å². The van der Waals surface area contributed by atoms with Crippen LogP contribution in [-0.4, -0.2) is 63.9 Å². The summed E-state index contributed by atoms with van der Waals surface area (Å²) in [5.41, 5.74) is 0.658.